The van der Waals surface area contributed by atoms with E-state index in [1.54, 1.807) is 6.42 Å². The van der Waals surface area contributed by atoms with Gasteiger partial charge in [-0.05, 0) is 47.8 Å². The molecule has 0 amide bonds. The maximum atomic E-state index is 2.47. The SMILES string of the molecule is CC1CC2C3CC(C)(C)C3C12. The van der Waals surface area contributed by atoms with Gasteiger partial charge in [0.1, 0.15) is 0 Å². The summed E-state index contributed by atoms with van der Waals surface area (Å²) >= 11 is 0. The van der Waals surface area contributed by atoms with Gasteiger partial charge in [0.15, 0.2) is 0 Å². The fraction of sp³-hybridized carbons (Fsp3) is 1.00. The Morgan fingerprint density at radius 1 is 1.18 bits per heavy atom. The summed E-state index contributed by atoms with van der Waals surface area (Å²) in [7, 11) is 0. The summed E-state index contributed by atoms with van der Waals surface area (Å²) in [4.78, 5) is 0. The van der Waals surface area contributed by atoms with Crippen molar-refractivity contribution in [3.63, 3.8) is 0 Å². The van der Waals surface area contributed by atoms with Gasteiger partial charge in [-0.3, -0.25) is 0 Å². The monoisotopic (exact) mass is 150 g/mol. The Morgan fingerprint density at radius 2 is 1.91 bits per heavy atom. The standard InChI is InChI=1S/C11H18/c1-6-4-7-8-5-11(2,3)10(8)9(6)7/h6-10H,4-5H2,1-3H3. The van der Waals surface area contributed by atoms with Gasteiger partial charge in [0.25, 0.3) is 0 Å². The maximum absolute atomic E-state index is 2.47. The van der Waals surface area contributed by atoms with Crippen LogP contribution in [0.2, 0.25) is 0 Å². The second-order valence-electron chi connectivity index (χ2n) is 5.84. The zero-order valence-corrected chi connectivity index (χ0v) is 7.80. The number of hydrogen-bond acceptors (Lipinski definition) is 0. The third-order valence-corrected chi connectivity index (χ3v) is 4.89. The Bertz CT molecular complexity index is 204. The molecule has 0 aromatic heterocycles. The quantitative estimate of drug-likeness (QED) is 0.498. The number of hydrogen-bond donors (Lipinski definition) is 0. The lowest BCUT2D eigenvalue weighted by molar-refractivity contribution is -0.268. The molecule has 0 aliphatic heterocycles. The highest BCUT2D eigenvalue weighted by atomic mass is 14.7. The van der Waals surface area contributed by atoms with Crippen LogP contribution in [0.1, 0.15) is 33.6 Å². The van der Waals surface area contributed by atoms with Crippen molar-refractivity contribution in [3.8, 4) is 0 Å². The van der Waals surface area contributed by atoms with Gasteiger partial charge in [0.2, 0.25) is 0 Å². The van der Waals surface area contributed by atoms with Crippen molar-refractivity contribution in [2.45, 2.75) is 33.6 Å². The van der Waals surface area contributed by atoms with Gasteiger partial charge < -0.3 is 0 Å². The van der Waals surface area contributed by atoms with Crippen molar-refractivity contribution in [1.82, 2.24) is 0 Å². The van der Waals surface area contributed by atoms with Gasteiger partial charge in [-0.15, -0.1) is 0 Å². The van der Waals surface area contributed by atoms with E-state index in [4.69, 9.17) is 0 Å². The lowest BCUT2D eigenvalue weighted by Crippen LogP contribution is -2.69. The predicted molar refractivity (Wildman–Crippen MR) is 46.1 cm³/mol. The molecule has 0 nitrogen and oxygen atoms in total. The first-order valence-electron chi connectivity index (χ1n) is 5.11. The van der Waals surface area contributed by atoms with Crippen molar-refractivity contribution in [1.29, 1.82) is 0 Å². The summed E-state index contributed by atoms with van der Waals surface area (Å²) in [6, 6.07) is 0. The lowest BCUT2D eigenvalue weighted by atomic mass is 9.30. The molecule has 3 aliphatic rings. The number of rotatable bonds is 0. The Labute approximate surface area is 69.4 Å². The Balaban J connectivity index is 1.81. The van der Waals surface area contributed by atoms with Crippen LogP contribution in [0.15, 0.2) is 0 Å². The molecule has 62 valence electrons. The van der Waals surface area contributed by atoms with Crippen LogP contribution >= 0.6 is 0 Å². The Kier molecular flexibility index (Phi) is 0.906. The van der Waals surface area contributed by atoms with Crippen LogP contribution in [-0.4, -0.2) is 0 Å². The first kappa shape index (κ1) is 6.51. The average Bonchev–Trinajstić information content (AvgIpc) is 1.91. The fourth-order valence-electron chi connectivity index (χ4n) is 4.42. The molecule has 5 atom stereocenters. The van der Waals surface area contributed by atoms with Crippen molar-refractivity contribution in [2.24, 2.45) is 35.0 Å². The van der Waals surface area contributed by atoms with E-state index in [1.807, 2.05) is 0 Å². The summed E-state index contributed by atoms with van der Waals surface area (Å²) in [6.45, 7) is 7.39. The van der Waals surface area contributed by atoms with Crippen LogP contribution in [-0.2, 0) is 0 Å². The van der Waals surface area contributed by atoms with Crippen LogP contribution in [0.25, 0.3) is 0 Å². The second kappa shape index (κ2) is 1.53. The topological polar surface area (TPSA) is 0 Å². The van der Waals surface area contributed by atoms with Crippen LogP contribution in [0.4, 0.5) is 0 Å². The van der Waals surface area contributed by atoms with Crippen molar-refractivity contribution in [3.05, 3.63) is 0 Å². The molecule has 0 bridgehead atoms. The van der Waals surface area contributed by atoms with Crippen LogP contribution in [0, 0.1) is 35.0 Å². The molecule has 0 aromatic carbocycles. The minimum atomic E-state index is 0.723. The molecule has 5 unspecified atom stereocenters. The van der Waals surface area contributed by atoms with Crippen molar-refractivity contribution >= 4 is 0 Å². The molecule has 3 fully saturated rings. The molecule has 11 heavy (non-hydrogen) atoms. The largest absolute Gasteiger partial charge is 0.0622 e. The summed E-state index contributed by atoms with van der Waals surface area (Å²) < 4.78 is 0. The highest BCUT2D eigenvalue weighted by Crippen LogP contribution is 2.75. The zero-order chi connectivity index (χ0) is 7.80. The first-order chi connectivity index (χ1) is 5.11. The fourth-order valence-corrected chi connectivity index (χ4v) is 4.42. The van der Waals surface area contributed by atoms with E-state index in [2.05, 4.69) is 20.8 Å². The Morgan fingerprint density at radius 3 is 2.36 bits per heavy atom. The van der Waals surface area contributed by atoms with Gasteiger partial charge in [0.05, 0.1) is 0 Å². The van der Waals surface area contributed by atoms with Gasteiger partial charge >= 0.3 is 0 Å². The van der Waals surface area contributed by atoms with Crippen molar-refractivity contribution < 1.29 is 0 Å². The molecule has 0 radical (unpaired) electrons. The van der Waals surface area contributed by atoms with Gasteiger partial charge in [-0.1, -0.05) is 20.8 Å². The minimum absolute atomic E-state index is 0.723. The molecule has 3 aliphatic carbocycles. The van der Waals surface area contributed by atoms with E-state index >= 15 is 0 Å². The maximum Gasteiger partial charge on any atom is -0.0298 e. The van der Waals surface area contributed by atoms with Crippen LogP contribution in [0.5, 0.6) is 0 Å². The third-order valence-electron chi connectivity index (χ3n) is 4.89. The molecule has 0 aromatic rings. The summed E-state index contributed by atoms with van der Waals surface area (Å²) in [5.41, 5.74) is 0.723. The van der Waals surface area contributed by atoms with E-state index < -0.39 is 0 Å². The van der Waals surface area contributed by atoms with E-state index in [0.29, 0.717) is 0 Å². The molecule has 0 N–H and O–H groups in total. The smallest absolute Gasteiger partial charge is 0.0298 e. The van der Waals surface area contributed by atoms with Crippen LogP contribution < -0.4 is 0 Å². The predicted octanol–water partition coefficient (Wildman–Crippen LogP) is 2.93. The summed E-state index contributed by atoms with van der Waals surface area (Å²) in [5.74, 6) is 5.72. The molecule has 0 spiro atoms. The molecular formula is C11H18. The lowest BCUT2D eigenvalue weighted by Gasteiger charge is -2.75. The summed E-state index contributed by atoms with van der Waals surface area (Å²) in [6.07, 6.45) is 3.09. The molecule has 3 saturated carbocycles. The minimum Gasteiger partial charge on any atom is -0.0622 e. The van der Waals surface area contributed by atoms with E-state index in [-0.39, 0.29) is 0 Å². The molecule has 0 heterocycles. The highest BCUT2D eigenvalue weighted by molar-refractivity contribution is 5.17. The molecule has 0 heteroatoms. The third kappa shape index (κ3) is 0.522. The van der Waals surface area contributed by atoms with E-state index in [1.165, 1.54) is 18.3 Å². The van der Waals surface area contributed by atoms with Gasteiger partial charge in [0, 0.05) is 0 Å². The van der Waals surface area contributed by atoms with Gasteiger partial charge in [-0.2, -0.15) is 0 Å². The second-order valence-corrected chi connectivity index (χ2v) is 5.84. The Hall–Kier alpha value is 0. The van der Waals surface area contributed by atoms with Gasteiger partial charge in [-0.25, -0.2) is 0 Å². The average molecular weight is 150 g/mol. The van der Waals surface area contributed by atoms with E-state index in [9.17, 15) is 0 Å². The molecule has 0 saturated heterocycles. The van der Waals surface area contributed by atoms with E-state index in [0.717, 1.165) is 23.2 Å². The molecule has 3 rings (SSSR count). The highest BCUT2D eigenvalue weighted by Gasteiger charge is 2.68. The normalized spacial score (nSPS) is 63.0. The first-order valence-corrected chi connectivity index (χ1v) is 5.11. The number of fused-ring (bicyclic) bond motifs is 4. The summed E-state index contributed by atoms with van der Waals surface area (Å²) in [5, 5.41) is 0. The molecular weight excluding hydrogens is 132 g/mol. The zero-order valence-electron chi connectivity index (χ0n) is 7.80. The van der Waals surface area contributed by atoms with Crippen molar-refractivity contribution in [2.75, 3.05) is 0 Å². The van der Waals surface area contributed by atoms with Crippen LogP contribution in [0.3, 0.4) is 0 Å².